The number of nitrogens with one attached hydrogen (secondary N) is 3. The molecule has 1 saturated carbocycles. The first-order valence-corrected chi connectivity index (χ1v) is 25.4. The Morgan fingerprint density at radius 2 is 1.71 bits per heavy atom. The van der Waals surface area contributed by atoms with Crippen molar-refractivity contribution in [1.82, 2.24) is 19.6 Å². The molecule has 4 fully saturated rings. The minimum atomic E-state index is -4.60. The standard InChI is InChI=1S/C50H57F3N8O7S/c1-48(2,50(51,52)53)39-7-4-3-6-37(39)41-8-5-19-59(41)35-29-49(30-35)16-20-58(21-17-49)34-9-11-38(42(27-34)60-22-25-68-47-44(60)26-33-13-18-54-45(33)56-47)46(62)57-69(65,66)36-10-12-40(43(28-36)61(63)64)55-31-32-14-23-67-24-15-32/h3-4,6-7,9-13,18,26-28,32,35,41,55H,5,8,14-17,19-25,29-31H2,1-2H3,(H,54,56)(H,57,62)/t41-/m0/s1. The Morgan fingerprint density at radius 3 is 2.46 bits per heavy atom. The summed E-state index contributed by atoms with van der Waals surface area (Å²) in [4.78, 5) is 39.9. The van der Waals surface area contributed by atoms with Crippen LogP contribution in [0.15, 0.2) is 83.9 Å². The number of pyridine rings is 1. The number of H-pyrrole nitrogens is 1. The first kappa shape index (κ1) is 46.8. The Hall–Kier alpha value is -5.92. The molecular formula is C50H57F3N8O7S. The molecule has 19 heteroatoms. The summed E-state index contributed by atoms with van der Waals surface area (Å²) in [5, 5.41) is 16.1. The Labute approximate surface area is 398 Å². The highest BCUT2D eigenvalue weighted by molar-refractivity contribution is 7.90. The van der Waals surface area contributed by atoms with E-state index in [0.717, 1.165) is 93.7 Å². The number of halogens is 3. The van der Waals surface area contributed by atoms with Gasteiger partial charge in [-0.3, -0.25) is 19.8 Å². The van der Waals surface area contributed by atoms with Gasteiger partial charge in [0.1, 0.15) is 23.6 Å². The highest BCUT2D eigenvalue weighted by Gasteiger charge is 2.53. The van der Waals surface area contributed by atoms with Gasteiger partial charge >= 0.3 is 6.18 Å². The molecule has 5 aliphatic rings. The van der Waals surface area contributed by atoms with Crippen molar-refractivity contribution in [3.63, 3.8) is 0 Å². The monoisotopic (exact) mass is 970 g/mol. The van der Waals surface area contributed by atoms with Gasteiger partial charge in [-0.1, -0.05) is 24.3 Å². The molecular weight excluding hydrogens is 914 g/mol. The molecule has 69 heavy (non-hydrogen) atoms. The number of amides is 1. The van der Waals surface area contributed by atoms with Crippen LogP contribution in [0.5, 0.6) is 5.88 Å². The number of piperidine rings is 1. The Morgan fingerprint density at radius 1 is 0.942 bits per heavy atom. The van der Waals surface area contributed by atoms with Gasteiger partial charge in [0.05, 0.1) is 33.0 Å². The molecule has 3 saturated heterocycles. The molecule has 1 spiro atoms. The lowest BCUT2D eigenvalue weighted by molar-refractivity contribution is -0.384. The molecule has 1 amide bonds. The van der Waals surface area contributed by atoms with Gasteiger partial charge in [0.15, 0.2) is 0 Å². The SMILES string of the molecule is CC(C)(c1ccccc1[C@@H]1CCCN1C1CC2(CCN(c3ccc(C(=O)NS(=O)(=O)c4ccc(NCC5CCOCC5)c([N+](=O)[O-])c4)c(N4CCOc5nc6[nH]ccc6cc54)c3)CC2)C1)C(F)(F)F. The third-order valence-corrected chi connectivity index (χ3v) is 16.8. The van der Waals surface area contributed by atoms with E-state index in [1.165, 1.54) is 26.0 Å². The maximum Gasteiger partial charge on any atom is 0.397 e. The highest BCUT2D eigenvalue weighted by atomic mass is 32.2. The van der Waals surface area contributed by atoms with Gasteiger partial charge < -0.3 is 29.6 Å². The summed E-state index contributed by atoms with van der Waals surface area (Å²) in [5.74, 6) is -0.303. The number of anilines is 4. The number of benzene rings is 3. The zero-order chi connectivity index (χ0) is 48.3. The summed E-state index contributed by atoms with van der Waals surface area (Å²) in [7, 11) is -4.60. The van der Waals surface area contributed by atoms with Crippen LogP contribution in [0.4, 0.5) is 41.6 Å². The number of carbonyl (C=O) groups excluding carboxylic acids is 1. The number of carbonyl (C=O) groups is 1. The smallest absolute Gasteiger partial charge is 0.397 e. The van der Waals surface area contributed by atoms with E-state index in [2.05, 4.69) is 29.8 Å². The van der Waals surface area contributed by atoms with E-state index in [1.807, 2.05) is 41.3 Å². The van der Waals surface area contributed by atoms with Gasteiger partial charge in [-0.15, -0.1) is 0 Å². The van der Waals surface area contributed by atoms with Gasteiger partial charge in [-0.25, -0.2) is 13.1 Å². The number of ether oxygens (including phenoxy) is 2. The maximum atomic E-state index is 14.3. The molecule has 0 radical (unpaired) electrons. The molecule has 6 heterocycles. The number of nitrogens with zero attached hydrogens (tertiary/aromatic N) is 5. The van der Waals surface area contributed by atoms with Crippen LogP contribution < -0.4 is 24.6 Å². The molecule has 4 aliphatic heterocycles. The zero-order valence-corrected chi connectivity index (χ0v) is 39.5. The van der Waals surface area contributed by atoms with E-state index >= 15 is 0 Å². The van der Waals surface area contributed by atoms with Crippen molar-refractivity contribution in [3.8, 4) is 5.88 Å². The normalized spacial score (nSPS) is 20.4. The summed E-state index contributed by atoms with van der Waals surface area (Å²) in [6, 6.07) is 20.0. The third-order valence-electron chi connectivity index (χ3n) is 15.5. The summed E-state index contributed by atoms with van der Waals surface area (Å²) >= 11 is 0. The number of alkyl halides is 3. The van der Waals surface area contributed by atoms with Crippen LogP contribution in [0.2, 0.25) is 0 Å². The molecule has 1 atom stereocenters. The molecule has 2 aromatic heterocycles. The predicted octanol–water partition coefficient (Wildman–Crippen LogP) is 9.38. The third kappa shape index (κ3) is 8.97. The second-order valence-corrected chi connectivity index (χ2v) is 21.6. The van der Waals surface area contributed by atoms with E-state index in [-0.39, 0.29) is 41.3 Å². The van der Waals surface area contributed by atoms with Gasteiger partial charge in [-0.2, -0.15) is 18.2 Å². The lowest BCUT2D eigenvalue weighted by atomic mass is 9.59. The first-order valence-electron chi connectivity index (χ1n) is 23.9. The van der Waals surface area contributed by atoms with Crippen molar-refractivity contribution in [2.24, 2.45) is 11.3 Å². The van der Waals surface area contributed by atoms with Crippen molar-refractivity contribution in [2.75, 3.05) is 67.7 Å². The van der Waals surface area contributed by atoms with Crippen molar-refractivity contribution < 1.29 is 40.8 Å². The van der Waals surface area contributed by atoms with Crippen LogP contribution in [-0.2, 0) is 20.2 Å². The van der Waals surface area contributed by atoms with Gasteiger partial charge in [-0.05, 0) is 137 Å². The molecule has 3 N–H and O–H groups in total. The van der Waals surface area contributed by atoms with Crippen LogP contribution in [0, 0.1) is 21.4 Å². The molecule has 1 aliphatic carbocycles. The lowest BCUT2D eigenvalue weighted by Crippen LogP contribution is -2.55. The van der Waals surface area contributed by atoms with E-state index in [4.69, 9.17) is 9.47 Å². The number of fused-ring (bicyclic) bond motifs is 2. The van der Waals surface area contributed by atoms with Crippen LogP contribution in [0.1, 0.15) is 92.7 Å². The molecule has 0 bridgehead atoms. The second-order valence-electron chi connectivity index (χ2n) is 19.9. The van der Waals surface area contributed by atoms with E-state index < -0.39 is 43.0 Å². The van der Waals surface area contributed by atoms with Crippen LogP contribution >= 0.6 is 0 Å². The number of sulfonamides is 1. The van der Waals surface area contributed by atoms with Crippen LogP contribution in [-0.4, -0.2) is 98.9 Å². The summed E-state index contributed by atoms with van der Waals surface area (Å²) in [6.45, 7) is 7.14. The fourth-order valence-electron chi connectivity index (χ4n) is 11.3. The fraction of sp³-hybridized carbons (Fsp3) is 0.480. The minimum absolute atomic E-state index is 0.0585. The largest absolute Gasteiger partial charge is 0.474 e. The van der Waals surface area contributed by atoms with E-state index in [0.29, 0.717) is 54.8 Å². The van der Waals surface area contributed by atoms with Crippen molar-refractivity contribution in [2.45, 2.75) is 93.8 Å². The summed E-state index contributed by atoms with van der Waals surface area (Å²) in [6.07, 6.45) is 4.57. The van der Waals surface area contributed by atoms with E-state index in [9.17, 15) is 36.5 Å². The van der Waals surface area contributed by atoms with Crippen molar-refractivity contribution in [3.05, 3.63) is 106 Å². The Bertz CT molecular complexity index is 2870. The van der Waals surface area contributed by atoms with Crippen LogP contribution in [0.25, 0.3) is 11.0 Å². The number of nitro benzene ring substituents is 1. The average molecular weight is 971 g/mol. The highest BCUT2D eigenvalue weighted by Crippen LogP contribution is 2.55. The maximum absolute atomic E-state index is 14.3. The predicted molar refractivity (Wildman–Crippen MR) is 256 cm³/mol. The number of hydrogen-bond donors (Lipinski definition) is 3. The molecule has 10 rings (SSSR count). The van der Waals surface area contributed by atoms with Gasteiger partial charge in [0.25, 0.3) is 21.6 Å². The Kier molecular flexibility index (Phi) is 12.3. The fourth-order valence-corrected chi connectivity index (χ4v) is 12.3. The molecule has 366 valence electrons. The number of aromatic amines is 1. The molecule has 15 nitrogen and oxygen atoms in total. The number of nitro groups is 1. The second kappa shape index (κ2) is 18.1. The van der Waals surface area contributed by atoms with Crippen molar-refractivity contribution in [1.29, 1.82) is 0 Å². The van der Waals surface area contributed by atoms with Gasteiger partial charge in [0.2, 0.25) is 5.88 Å². The molecule has 0 unspecified atom stereocenters. The van der Waals surface area contributed by atoms with Crippen LogP contribution in [0.3, 0.4) is 0 Å². The van der Waals surface area contributed by atoms with E-state index in [1.54, 1.807) is 24.4 Å². The number of rotatable bonds is 12. The van der Waals surface area contributed by atoms with Gasteiger partial charge in [0, 0.05) is 68.3 Å². The molecule has 5 aromatic rings. The number of likely N-dealkylation sites (tertiary alicyclic amines) is 1. The number of hydrogen-bond acceptors (Lipinski definition) is 12. The molecule has 3 aromatic carbocycles. The quantitative estimate of drug-likeness (QED) is 0.0800. The Balaban J connectivity index is 0.878. The topological polar surface area (TPSA) is 175 Å². The lowest BCUT2D eigenvalue weighted by Gasteiger charge is -2.56. The zero-order valence-electron chi connectivity index (χ0n) is 38.7. The van der Waals surface area contributed by atoms with Crippen molar-refractivity contribution >= 4 is 55.4 Å². The average Bonchev–Trinajstić information content (AvgIpc) is 4.01. The summed E-state index contributed by atoms with van der Waals surface area (Å²) < 4.78 is 84.4. The minimum Gasteiger partial charge on any atom is -0.474 e. The number of aromatic nitrogens is 2. The first-order chi connectivity index (χ1) is 33.0. The summed E-state index contributed by atoms with van der Waals surface area (Å²) in [5.41, 5.74) is 1.62.